The highest BCUT2D eigenvalue weighted by Gasteiger charge is 2.18. The Balaban J connectivity index is 1.73. The molecule has 1 heterocycles. The second kappa shape index (κ2) is 11.6. The Morgan fingerprint density at radius 2 is 1.75 bits per heavy atom. The number of hydrogen-bond acceptors (Lipinski definition) is 6. The number of amides is 1. The van der Waals surface area contributed by atoms with Crippen LogP contribution in [-0.4, -0.2) is 30.9 Å². The summed E-state index contributed by atoms with van der Waals surface area (Å²) in [5, 5.41) is 13.9. The van der Waals surface area contributed by atoms with Gasteiger partial charge in [0.2, 0.25) is 5.91 Å². The van der Waals surface area contributed by atoms with Crippen LogP contribution >= 0.6 is 23.4 Å². The molecule has 0 fully saturated rings. The normalized spacial score (nSPS) is 10.4. The number of carbonyl (C=O) groups is 1. The van der Waals surface area contributed by atoms with E-state index in [1.807, 2.05) is 48.5 Å². The minimum atomic E-state index is -0.231. The third kappa shape index (κ3) is 5.80. The molecule has 36 heavy (non-hydrogen) atoms. The van der Waals surface area contributed by atoms with E-state index in [-0.39, 0.29) is 11.7 Å². The lowest BCUT2D eigenvalue weighted by Crippen LogP contribution is -2.14. The monoisotopic (exact) mass is 515 g/mol. The van der Waals surface area contributed by atoms with Crippen molar-refractivity contribution in [3.05, 3.63) is 89.4 Å². The number of aromatic nitrogens is 1. The van der Waals surface area contributed by atoms with Gasteiger partial charge < -0.3 is 14.8 Å². The van der Waals surface area contributed by atoms with Gasteiger partial charge in [0, 0.05) is 21.8 Å². The molecule has 3 aromatic carbocycles. The van der Waals surface area contributed by atoms with Gasteiger partial charge >= 0.3 is 0 Å². The number of rotatable bonds is 8. The molecule has 6 nitrogen and oxygen atoms in total. The topological polar surface area (TPSA) is 84.2 Å². The third-order valence-corrected chi connectivity index (χ3v) is 6.52. The molecule has 1 aromatic heterocycles. The van der Waals surface area contributed by atoms with Gasteiger partial charge in [0.1, 0.15) is 11.1 Å². The first-order chi connectivity index (χ1) is 17.5. The van der Waals surface area contributed by atoms with Crippen LogP contribution in [0.4, 0.5) is 5.69 Å². The molecule has 0 bridgehead atoms. The van der Waals surface area contributed by atoms with E-state index in [4.69, 9.17) is 26.1 Å². The number of ether oxygens (including phenoxy) is 2. The maximum absolute atomic E-state index is 12.6. The average Bonchev–Trinajstić information content (AvgIpc) is 2.91. The fraction of sp³-hybridized carbons (Fsp3) is 0.107. The number of halogens is 1. The van der Waals surface area contributed by atoms with Gasteiger partial charge in [-0.25, -0.2) is 4.98 Å². The van der Waals surface area contributed by atoms with E-state index in [0.717, 1.165) is 11.1 Å². The van der Waals surface area contributed by atoms with Crippen LogP contribution < -0.4 is 14.8 Å². The van der Waals surface area contributed by atoms with Crippen LogP contribution in [0.5, 0.6) is 11.5 Å². The number of carbonyl (C=O) groups excluding carboxylic acids is 1. The molecule has 0 aliphatic rings. The van der Waals surface area contributed by atoms with Crippen LogP contribution in [0.2, 0.25) is 5.02 Å². The number of methoxy groups -OCH3 is 2. The quantitative estimate of drug-likeness (QED) is 0.263. The van der Waals surface area contributed by atoms with Gasteiger partial charge in [0.05, 0.1) is 31.2 Å². The molecule has 8 heteroatoms. The molecule has 0 unspecified atom stereocenters. The number of benzene rings is 3. The highest BCUT2D eigenvalue weighted by molar-refractivity contribution is 8.00. The van der Waals surface area contributed by atoms with Crippen LogP contribution in [0, 0.1) is 11.3 Å². The molecule has 180 valence electrons. The Kier molecular flexibility index (Phi) is 8.11. The van der Waals surface area contributed by atoms with Crippen molar-refractivity contribution >= 4 is 35.0 Å². The second-order valence-corrected chi connectivity index (χ2v) is 9.03. The molecule has 1 amide bonds. The van der Waals surface area contributed by atoms with Crippen molar-refractivity contribution in [2.45, 2.75) is 5.03 Å². The van der Waals surface area contributed by atoms with Crippen molar-refractivity contribution < 1.29 is 14.3 Å². The molecule has 0 aliphatic carbocycles. The molecule has 4 aromatic rings. The minimum absolute atomic E-state index is 0.0673. The molecule has 0 aliphatic heterocycles. The molecular weight excluding hydrogens is 494 g/mol. The van der Waals surface area contributed by atoms with Crippen molar-refractivity contribution in [1.29, 1.82) is 5.26 Å². The number of thioether (sulfide) groups is 1. The summed E-state index contributed by atoms with van der Waals surface area (Å²) in [6, 6.07) is 26.3. The van der Waals surface area contributed by atoms with Gasteiger partial charge in [0.25, 0.3) is 0 Å². The van der Waals surface area contributed by atoms with Gasteiger partial charge in [-0.2, -0.15) is 5.26 Å². The van der Waals surface area contributed by atoms with Crippen molar-refractivity contribution in [2.24, 2.45) is 0 Å². The van der Waals surface area contributed by atoms with E-state index in [2.05, 4.69) is 11.4 Å². The molecule has 0 atom stereocenters. The lowest BCUT2D eigenvalue weighted by atomic mass is 9.99. The summed E-state index contributed by atoms with van der Waals surface area (Å²) in [4.78, 5) is 17.4. The van der Waals surface area contributed by atoms with Crippen LogP contribution in [0.15, 0.2) is 83.9 Å². The van der Waals surface area contributed by atoms with E-state index in [9.17, 15) is 10.1 Å². The number of nitrogens with one attached hydrogen (secondary N) is 1. The van der Waals surface area contributed by atoms with Crippen LogP contribution in [0.3, 0.4) is 0 Å². The summed E-state index contributed by atoms with van der Waals surface area (Å²) in [7, 11) is 3.13. The zero-order valence-corrected chi connectivity index (χ0v) is 21.2. The zero-order chi connectivity index (χ0) is 25.5. The van der Waals surface area contributed by atoms with Gasteiger partial charge in [-0.15, -0.1) is 0 Å². The predicted octanol–water partition coefficient (Wildman–Crippen LogP) is 6.69. The first-order valence-electron chi connectivity index (χ1n) is 10.9. The van der Waals surface area contributed by atoms with Crippen molar-refractivity contribution in [2.75, 3.05) is 25.3 Å². The Hall–Kier alpha value is -3.99. The summed E-state index contributed by atoms with van der Waals surface area (Å²) < 4.78 is 10.8. The maximum Gasteiger partial charge on any atom is 0.234 e. The Morgan fingerprint density at radius 1 is 0.972 bits per heavy atom. The summed E-state index contributed by atoms with van der Waals surface area (Å²) in [6.07, 6.45) is 0. The van der Waals surface area contributed by atoms with Crippen molar-refractivity contribution in [3.63, 3.8) is 0 Å². The van der Waals surface area contributed by atoms with E-state index in [1.165, 1.54) is 11.8 Å². The molecule has 0 saturated carbocycles. The fourth-order valence-electron chi connectivity index (χ4n) is 3.62. The SMILES string of the molecule is COc1ccc(-c2cc(-c3ccccc3)nc(SCC(=O)Nc3cccc(Cl)c3)c2C#N)cc1OC. The smallest absolute Gasteiger partial charge is 0.234 e. The van der Waals surface area contributed by atoms with E-state index in [0.29, 0.717) is 44.1 Å². The standard InChI is InChI=1S/C28H22ClN3O3S/c1-34-25-12-11-19(13-26(25)35-2)22-15-24(18-7-4-3-5-8-18)32-28(23(22)16-30)36-17-27(33)31-21-10-6-9-20(29)14-21/h3-15H,17H2,1-2H3,(H,31,33). The molecule has 0 saturated heterocycles. The average molecular weight is 516 g/mol. The van der Waals surface area contributed by atoms with E-state index < -0.39 is 0 Å². The minimum Gasteiger partial charge on any atom is -0.493 e. The lowest BCUT2D eigenvalue weighted by Gasteiger charge is -2.14. The number of hydrogen-bond donors (Lipinski definition) is 1. The maximum atomic E-state index is 12.6. The predicted molar refractivity (Wildman–Crippen MR) is 144 cm³/mol. The lowest BCUT2D eigenvalue weighted by molar-refractivity contribution is -0.113. The molecule has 0 radical (unpaired) electrons. The zero-order valence-electron chi connectivity index (χ0n) is 19.6. The Bertz CT molecular complexity index is 1440. The van der Waals surface area contributed by atoms with E-state index in [1.54, 1.807) is 44.6 Å². The molecule has 4 rings (SSSR count). The van der Waals surface area contributed by atoms with Gasteiger partial charge in [-0.3, -0.25) is 4.79 Å². The number of pyridine rings is 1. The highest BCUT2D eigenvalue weighted by atomic mass is 35.5. The first-order valence-corrected chi connectivity index (χ1v) is 12.3. The number of nitrogens with zero attached hydrogens (tertiary/aromatic N) is 2. The van der Waals surface area contributed by atoms with Crippen LogP contribution in [0.25, 0.3) is 22.4 Å². The summed E-state index contributed by atoms with van der Waals surface area (Å²) in [5.74, 6) is 0.972. The highest BCUT2D eigenvalue weighted by Crippen LogP contribution is 2.38. The summed E-state index contributed by atoms with van der Waals surface area (Å²) in [6.45, 7) is 0. The van der Waals surface area contributed by atoms with Gasteiger partial charge in [0.15, 0.2) is 11.5 Å². The fourth-order valence-corrected chi connectivity index (χ4v) is 4.61. The molecule has 1 N–H and O–H groups in total. The van der Waals surface area contributed by atoms with Crippen molar-refractivity contribution in [3.8, 4) is 40.0 Å². The van der Waals surface area contributed by atoms with Crippen molar-refractivity contribution in [1.82, 2.24) is 4.98 Å². The molecular formula is C28H22ClN3O3S. The van der Waals surface area contributed by atoms with Gasteiger partial charge in [-0.1, -0.05) is 65.8 Å². The third-order valence-electron chi connectivity index (χ3n) is 5.31. The van der Waals surface area contributed by atoms with Crippen LogP contribution in [0.1, 0.15) is 5.56 Å². The largest absolute Gasteiger partial charge is 0.493 e. The Morgan fingerprint density at radius 3 is 2.44 bits per heavy atom. The summed E-state index contributed by atoms with van der Waals surface area (Å²) in [5.41, 5.74) is 4.03. The first kappa shape index (κ1) is 25.1. The number of anilines is 1. The summed E-state index contributed by atoms with van der Waals surface area (Å²) >= 11 is 7.22. The number of nitriles is 1. The van der Waals surface area contributed by atoms with Gasteiger partial charge in [-0.05, 0) is 42.0 Å². The Labute approximate surface area is 218 Å². The van der Waals surface area contributed by atoms with E-state index >= 15 is 0 Å². The second-order valence-electron chi connectivity index (χ2n) is 7.63. The molecule has 0 spiro atoms. The van der Waals surface area contributed by atoms with Crippen LogP contribution in [-0.2, 0) is 4.79 Å².